The van der Waals surface area contributed by atoms with Gasteiger partial charge < -0.3 is 9.47 Å². The van der Waals surface area contributed by atoms with Gasteiger partial charge in [-0.15, -0.1) is 11.3 Å². The Labute approximate surface area is 171 Å². The molecule has 0 radical (unpaired) electrons. The SMILES string of the molecule is CN(C)S(=O)(=O)c1ccc(OCCOC(=O)c2csc(-c3ccsc3)n2)cc1. The van der Waals surface area contributed by atoms with Crippen LogP contribution in [-0.2, 0) is 14.8 Å². The van der Waals surface area contributed by atoms with Gasteiger partial charge >= 0.3 is 5.97 Å². The van der Waals surface area contributed by atoms with Gasteiger partial charge in [-0.2, -0.15) is 11.3 Å². The molecule has 7 nitrogen and oxygen atoms in total. The molecule has 0 unspecified atom stereocenters. The number of benzene rings is 1. The van der Waals surface area contributed by atoms with Gasteiger partial charge in [-0.3, -0.25) is 0 Å². The van der Waals surface area contributed by atoms with Gasteiger partial charge in [0.2, 0.25) is 10.0 Å². The lowest BCUT2D eigenvalue weighted by Gasteiger charge is -2.12. The monoisotopic (exact) mass is 438 g/mol. The van der Waals surface area contributed by atoms with Crippen LogP contribution in [0.3, 0.4) is 0 Å². The third-order valence-electron chi connectivity index (χ3n) is 3.67. The maximum absolute atomic E-state index is 12.1. The standard InChI is InChI=1S/C18H18N2O5S3/c1-20(2)28(22,23)15-5-3-14(4-6-15)24-8-9-25-18(21)16-12-27-17(19-16)13-7-10-26-11-13/h3-7,10-12H,8-9H2,1-2H3. The van der Waals surface area contributed by atoms with Crippen molar-refractivity contribution in [1.82, 2.24) is 9.29 Å². The second-order valence-corrected chi connectivity index (χ2v) is 9.58. The number of thiophene rings is 1. The van der Waals surface area contributed by atoms with Crippen molar-refractivity contribution in [1.29, 1.82) is 0 Å². The molecule has 2 aromatic heterocycles. The number of ether oxygens (including phenoxy) is 2. The van der Waals surface area contributed by atoms with Crippen molar-refractivity contribution in [2.45, 2.75) is 4.90 Å². The molecule has 0 aliphatic carbocycles. The van der Waals surface area contributed by atoms with Crippen LogP contribution in [0.5, 0.6) is 5.75 Å². The summed E-state index contributed by atoms with van der Waals surface area (Å²) in [6.45, 7) is 0.203. The fraction of sp³-hybridized carbons (Fsp3) is 0.222. The van der Waals surface area contributed by atoms with E-state index in [1.165, 1.54) is 37.6 Å². The average molecular weight is 439 g/mol. The third-order valence-corrected chi connectivity index (χ3v) is 7.07. The fourth-order valence-corrected chi connectivity index (χ4v) is 4.58. The number of rotatable bonds is 8. The highest BCUT2D eigenvalue weighted by atomic mass is 32.2. The Morgan fingerprint density at radius 1 is 1.11 bits per heavy atom. The number of hydrogen-bond donors (Lipinski definition) is 0. The summed E-state index contributed by atoms with van der Waals surface area (Å²) in [4.78, 5) is 16.5. The molecule has 2 heterocycles. The summed E-state index contributed by atoms with van der Waals surface area (Å²) in [5.41, 5.74) is 1.25. The van der Waals surface area contributed by atoms with E-state index >= 15 is 0 Å². The molecule has 0 saturated carbocycles. The molecule has 0 spiro atoms. The highest BCUT2D eigenvalue weighted by Crippen LogP contribution is 2.26. The molecule has 3 rings (SSSR count). The predicted octanol–water partition coefficient (Wildman–Crippen LogP) is 3.36. The highest BCUT2D eigenvalue weighted by molar-refractivity contribution is 7.89. The first-order valence-corrected chi connectivity index (χ1v) is 11.4. The van der Waals surface area contributed by atoms with Crippen molar-refractivity contribution >= 4 is 38.7 Å². The Kier molecular flexibility index (Phi) is 6.45. The number of thiazole rings is 1. The van der Waals surface area contributed by atoms with Gasteiger partial charge in [-0.25, -0.2) is 22.5 Å². The van der Waals surface area contributed by atoms with Crippen LogP contribution in [0.15, 0.2) is 51.4 Å². The van der Waals surface area contributed by atoms with E-state index in [1.807, 2.05) is 16.8 Å². The first kappa shape index (κ1) is 20.5. The van der Waals surface area contributed by atoms with Crippen molar-refractivity contribution in [2.75, 3.05) is 27.3 Å². The van der Waals surface area contributed by atoms with E-state index in [1.54, 1.807) is 28.8 Å². The highest BCUT2D eigenvalue weighted by Gasteiger charge is 2.17. The van der Waals surface area contributed by atoms with Crippen LogP contribution < -0.4 is 4.74 Å². The molecule has 10 heteroatoms. The fourth-order valence-electron chi connectivity index (χ4n) is 2.17. The molecule has 148 valence electrons. The molecule has 28 heavy (non-hydrogen) atoms. The lowest BCUT2D eigenvalue weighted by molar-refractivity contribution is 0.0444. The number of hydrogen-bond acceptors (Lipinski definition) is 8. The molecule has 0 amide bonds. The Morgan fingerprint density at radius 2 is 1.86 bits per heavy atom. The minimum atomic E-state index is -3.47. The normalized spacial score (nSPS) is 11.5. The molecule has 0 saturated heterocycles. The molecule has 0 atom stereocenters. The predicted molar refractivity (Wildman–Crippen MR) is 109 cm³/mol. The Morgan fingerprint density at radius 3 is 2.50 bits per heavy atom. The van der Waals surface area contributed by atoms with Crippen molar-refractivity contribution in [3.63, 3.8) is 0 Å². The van der Waals surface area contributed by atoms with E-state index in [0.29, 0.717) is 5.75 Å². The van der Waals surface area contributed by atoms with Crippen molar-refractivity contribution in [2.24, 2.45) is 0 Å². The molecule has 0 aliphatic rings. The zero-order valence-electron chi connectivity index (χ0n) is 15.2. The summed E-state index contributed by atoms with van der Waals surface area (Å²) in [6, 6.07) is 8.01. The molecule has 0 aliphatic heterocycles. The largest absolute Gasteiger partial charge is 0.490 e. The first-order chi connectivity index (χ1) is 13.4. The third kappa shape index (κ3) is 4.76. The van der Waals surface area contributed by atoms with E-state index in [-0.39, 0.29) is 23.8 Å². The van der Waals surface area contributed by atoms with E-state index in [4.69, 9.17) is 9.47 Å². The second kappa shape index (κ2) is 8.82. The zero-order valence-corrected chi connectivity index (χ0v) is 17.6. The summed E-state index contributed by atoms with van der Waals surface area (Å²) in [5, 5.41) is 6.36. The van der Waals surface area contributed by atoms with Gasteiger partial charge in [0.05, 0.1) is 4.90 Å². The molecule has 3 aromatic rings. The molecular weight excluding hydrogens is 420 g/mol. The summed E-state index contributed by atoms with van der Waals surface area (Å²) >= 11 is 2.96. The minimum Gasteiger partial charge on any atom is -0.490 e. The lowest BCUT2D eigenvalue weighted by Crippen LogP contribution is -2.22. The number of esters is 1. The van der Waals surface area contributed by atoms with Crippen LogP contribution in [-0.4, -0.2) is 51.0 Å². The molecule has 0 bridgehead atoms. The molecule has 0 fully saturated rings. The van der Waals surface area contributed by atoms with Gasteiger partial charge in [-0.05, 0) is 35.7 Å². The zero-order chi connectivity index (χ0) is 20.1. The van der Waals surface area contributed by atoms with Gasteiger partial charge in [0.1, 0.15) is 24.0 Å². The Bertz CT molecular complexity index is 1030. The number of carbonyl (C=O) groups is 1. The minimum absolute atomic E-state index is 0.0574. The summed E-state index contributed by atoms with van der Waals surface area (Å²) < 4.78 is 35.8. The van der Waals surface area contributed by atoms with E-state index in [0.717, 1.165) is 14.9 Å². The molecular formula is C18H18N2O5S3. The number of aromatic nitrogens is 1. The Hall–Kier alpha value is -2.27. The lowest BCUT2D eigenvalue weighted by atomic mass is 10.3. The molecule has 1 aromatic carbocycles. The van der Waals surface area contributed by atoms with Crippen LogP contribution >= 0.6 is 22.7 Å². The van der Waals surface area contributed by atoms with Crippen molar-refractivity contribution < 1.29 is 22.7 Å². The van der Waals surface area contributed by atoms with Crippen LogP contribution in [0.2, 0.25) is 0 Å². The average Bonchev–Trinajstić information content (AvgIpc) is 3.36. The van der Waals surface area contributed by atoms with E-state index < -0.39 is 16.0 Å². The van der Waals surface area contributed by atoms with Crippen LogP contribution in [0.1, 0.15) is 10.5 Å². The first-order valence-electron chi connectivity index (χ1n) is 8.18. The topological polar surface area (TPSA) is 85.8 Å². The van der Waals surface area contributed by atoms with Gasteiger partial charge in [0.25, 0.3) is 0 Å². The number of carbonyl (C=O) groups excluding carboxylic acids is 1. The van der Waals surface area contributed by atoms with Crippen molar-refractivity contribution in [3.05, 3.63) is 52.2 Å². The van der Waals surface area contributed by atoms with Crippen LogP contribution in [0, 0.1) is 0 Å². The second-order valence-electron chi connectivity index (χ2n) is 5.79. The maximum atomic E-state index is 12.1. The van der Waals surface area contributed by atoms with E-state index in [9.17, 15) is 13.2 Å². The van der Waals surface area contributed by atoms with Gasteiger partial charge in [0.15, 0.2) is 5.69 Å². The van der Waals surface area contributed by atoms with Gasteiger partial charge in [0, 0.05) is 30.4 Å². The summed E-state index contributed by atoms with van der Waals surface area (Å²) in [5.74, 6) is -0.0177. The smallest absolute Gasteiger partial charge is 0.357 e. The Balaban J connectivity index is 1.47. The number of sulfonamides is 1. The number of nitrogens with zero attached hydrogens (tertiary/aromatic N) is 2. The quantitative estimate of drug-likeness (QED) is 0.396. The summed E-state index contributed by atoms with van der Waals surface area (Å²) in [6.07, 6.45) is 0. The summed E-state index contributed by atoms with van der Waals surface area (Å²) in [7, 11) is -0.528. The van der Waals surface area contributed by atoms with E-state index in [2.05, 4.69) is 4.98 Å². The van der Waals surface area contributed by atoms with Crippen LogP contribution in [0.4, 0.5) is 0 Å². The van der Waals surface area contributed by atoms with Crippen LogP contribution in [0.25, 0.3) is 10.6 Å². The van der Waals surface area contributed by atoms with Crippen molar-refractivity contribution in [3.8, 4) is 16.3 Å². The van der Waals surface area contributed by atoms with Gasteiger partial charge in [-0.1, -0.05) is 0 Å². The molecule has 0 N–H and O–H groups in total. The maximum Gasteiger partial charge on any atom is 0.357 e.